The number of carboxylic acids is 1. The Morgan fingerprint density at radius 2 is 1.54 bits per heavy atom. The minimum absolute atomic E-state index is 0.0940. The molecule has 1 saturated carbocycles. The minimum atomic E-state index is -2.24. The van der Waals surface area contributed by atoms with Crippen LogP contribution in [0.25, 0.3) is 11.1 Å². The Kier molecular flexibility index (Phi) is 6.89. The lowest BCUT2D eigenvalue weighted by Crippen LogP contribution is -2.47. The van der Waals surface area contributed by atoms with Crippen molar-refractivity contribution in [2.24, 2.45) is 11.8 Å². The molecule has 2 N–H and O–H groups in total. The van der Waals surface area contributed by atoms with E-state index < -0.39 is 43.8 Å². The summed E-state index contributed by atoms with van der Waals surface area (Å²) < 4.78 is 2.71. The summed E-state index contributed by atoms with van der Waals surface area (Å²) in [6, 6.07) is 9.02. The third-order valence-corrected chi connectivity index (χ3v) is 11.5. The summed E-state index contributed by atoms with van der Waals surface area (Å²) in [6.45, 7) is 1.77. The molecule has 1 heterocycles. The third-order valence-electron chi connectivity index (χ3n) is 6.26. The first-order chi connectivity index (χ1) is 16.3. The smallest absolute Gasteiger partial charge is 0.341 e. The standard InChI is InChI=1S/C22H15Cl6NO5S/c1-8-10(9-6-4-3-5-7-9)11(19(33)34-2)17(35-8)29-16(30)12-13(18(31)32)21(26)15(24)14(23)20(12,25)22(21,27)28/h3-7,12-13H,1-2H3,(H,29,30)(H,31,32)/t12-,13-,20-,21-/m1/s1. The molecule has 1 fully saturated rings. The summed E-state index contributed by atoms with van der Waals surface area (Å²) in [5.74, 6) is -6.49. The fourth-order valence-electron chi connectivity index (χ4n) is 4.70. The van der Waals surface area contributed by atoms with Gasteiger partial charge in [0.05, 0.1) is 29.0 Å². The highest BCUT2D eigenvalue weighted by Gasteiger charge is 2.85. The number of esters is 1. The van der Waals surface area contributed by atoms with Gasteiger partial charge in [0.25, 0.3) is 0 Å². The van der Waals surface area contributed by atoms with E-state index >= 15 is 0 Å². The zero-order chi connectivity index (χ0) is 26.1. The van der Waals surface area contributed by atoms with Crippen molar-refractivity contribution in [2.75, 3.05) is 12.4 Å². The van der Waals surface area contributed by atoms with Crippen LogP contribution in [0.3, 0.4) is 0 Å². The van der Waals surface area contributed by atoms with E-state index in [1.54, 1.807) is 31.2 Å². The maximum Gasteiger partial charge on any atom is 0.341 e. The molecule has 186 valence electrons. The number of amides is 1. The number of aryl methyl sites for hydroxylation is 1. The van der Waals surface area contributed by atoms with Gasteiger partial charge in [-0.2, -0.15) is 0 Å². The predicted molar refractivity (Wildman–Crippen MR) is 139 cm³/mol. The van der Waals surface area contributed by atoms with E-state index in [-0.39, 0.29) is 20.6 Å². The number of allylic oxidation sites excluding steroid dienone is 2. The van der Waals surface area contributed by atoms with Gasteiger partial charge in [0, 0.05) is 10.4 Å². The lowest BCUT2D eigenvalue weighted by atomic mass is 9.81. The molecule has 4 atom stereocenters. The summed E-state index contributed by atoms with van der Waals surface area (Å²) in [6.07, 6.45) is 0. The van der Waals surface area contributed by atoms with Crippen LogP contribution in [-0.2, 0) is 14.3 Å². The monoisotopic (exact) mass is 615 g/mol. The molecule has 0 unspecified atom stereocenters. The van der Waals surface area contributed by atoms with Gasteiger partial charge in [0.15, 0.2) is 4.33 Å². The average molecular weight is 618 g/mol. The fourth-order valence-corrected chi connectivity index (χ4v) is 8.70. The van der Waals surface area contributed by atoms with Crippen LogP contribution in [0.4, 0.5) is 5.00 Å². The molecule has 2 aliphatic rings. The number of hydrogen-bond acceptors (Lipinski definition) is 5. The number of halogens is 6. The first kappa shape index (κ1) is 26.9. The molecule has 1 amide bonds. The molecule has 1 aromatic heterocycles. The molecule has 0 saturated heterocycles. The SMILES string of the molecule is COC(=O)c1c(NC(=O)[C@H]2[C@H](C(=O)O)[C@@]3(Cl)C(Cl)=C(Cl)[C@@]2(Cl)C3(Cl)Cl)sc(C)c1-c1ccccc1. The maximum absolute atomic E-state index is 13.6. The number of carbonyl (C=O) groups excluding carboxylic acids is 2. The van der Waals surface area contributed by atoms with Crippen LogP contribution in [0.15, 0.2) is 40.4 Å². The Bertz CT molecular complexity index is 1290. The van der Waals surface area contributed by atoms with Crippen molar-refractivity contribution >= 4 is 104 Å². The molecule has 1 aromatic carbocycles. The summed E-state index contributed by atoms with van der Waals surface area (Å²) >= 11 is 39.9. The highest BCUT2D eigenvalue weighted by atomic mass is 35.5. The van der Waals surface area contributed by atoms with Crippen molar-refractivity contribution < 1.29 is 24.2 Å². The topological polar surface area (TPSA) is 92.7 Å². The van der Waals surface area contributed by atoms with Crippen LogP contribution in [0.1, 0.15) is 15.2 Å². The summed E-state index contributed by atoms with van der Waals surface area (Å²) in [5, 5.41) is 12.1. The van der Waals surface area contributed by atoms with Gasteiger partial charge in [-0.25, -0.2) is 4.79 Å². The Hall–Kier alpha value is -1.19. The summed E-state index contributed by atoms with van der Waals surface area (Å²) in [4.78, 5) is 35.0. The molecule has 6 nitrogen and oxygen atoms in total. The Morgan fingerprint density at radius 3 is 2.06 bits per heavy atom. The van der Waals surface area contributed by atoms with Crippen LogP contribution in [0.5, 0.6) is 0 Å². The minimum Gasteiger partial charge on any atom is -0.481 e. The number of thiophene rings is 1. The quantitative estimate of drug-likeness (QED) is 0.291. The number of methoxy groups -OCH3 is 1. The molecule has 0 spiro atoms. The second-order valence-corrected chi connectivity index (χ2v) is 12.5. The van der Waals surface area contributed by atoms with Gasteiger partial charge in [-0.3, -0.25) is 9.59 Å². The van der Waals surface area contributed by atoms with Crippen LogP contribution < -0.4 is 5.32 Å². The van der Waals surface area contributed by atoms with Crippen LogP contribution in [-0.4, -0.2) is 44.1 Å². The lowest BCUT2D eigenvalue weighted by Gasteiger charge is -2.33. The zero-order valence-corrected chi connectivity index (χ0v) is 23.1. The average Bonchev–Trinajstić information content (AvgIpc) is 3.24. The Balaban J connectivity index is 1.84. The van der Waals surface area contributed by atoms with Gasteiger partial charge in [0.1, 0.15) is 20.3 Å². The van der Waals surface area contributed by atoms with E-state index in [1.807, 2.05) is 6.07 Å². The first-order valence-electron chi connectivity index (χ1n) is 9.89. The number of benzene rings is 1. The van der Waals surface area contributed by atoms with Gasteiger partial charge >= 0.3 is 11.9 Å². The van der Waals surface area contributed by atoms with Crippen molar-refractivity contribution in [2.45, 2.75) is 21.0 Å². The van der Waals surface area contributed by atoms with E-state index in [0.29, 0.717) is 10.4 Å². The predicted octanol–water partition coefficient (Wildman–Crippen LogP) is 6.61. The summed E-state index contributed by atoms with van der Waals surface area (Å²) in [7, 11) is 1.21. The van der Waals surface area contributed by atoms with Crippen molar-refractivity contribution in [3.05, 3.63) is 50.8 Å². The third kappa shape index (κ3) is 3.46. The Morgan fingerprint density at radius 1 is 1.00 bits per heavy atom. The molecule has 2 aromatic rings. The largest absolute Gasteiger partial charge is 0.481 e. The molecule has 13 heteroatoms. The second kappa shape index (κ2) is 8.98. The van der Waals surface area contributed by atoms with Gasteiger partial charge in [-0.05, 0) is 12.5 Å². The number of fused-ring (bicyclic) bond motifs is 2. The van der Waals surface area contributed by atoms with Crippen molar-refractivity contribution in [1.82, 2.24) is 0 Å². The van der Waals surface area contributed by atoms with Crippen molar-refractivity contribution in [3.8, 4) is 11.1 Å². The Labute approximate surface area is 234 Å². The number of ether oxygens (including phenoxy) is 1. The molecular weight excluding hydrogens is 603 g/mol. The second-order valence-electron chi connectivity index (χ2n) is 8.00. The van der Waals surface area contributed by atoms with Crippen molar-refractivity contribution in [1.29, 1.82) is 0 Å². The molecule has 0 radical (unpaired) electrons. The van der Waals surface area contributed by atoms with Gasteiger partial charge in [-0.15, -0.1) is 34.5 Å². The molecule has 0 aliphatic heterocycles. The van der Waals surface area contributed by atoms with Crippen LogP contribution in [0, 0.1) is 18.8 Å². The molecule has 4 rings (SSSR count). The van der Waals surface area contributed by atoms with E-state index in [2.05, 4.69) is 5.32 Å². The lowest BCUT2D eigenvalue weighted by molar-refractivity contribution is -0.146. The molecule has 35 heavy (non-hydrogen) atoms. The molecular formula is C22H15Cl6NO5S. The highest BCUT2D eigenvalue weighted by molar-refractivity contribution is 7.17. The number of hydrogen-bond donors (Lipinski definition) is 2. The number of rotatable bonds is 5. The number of nitrogens with one attached hydrogen (secondary N) is 1. The normalized spacial score (nSPS) is 28.8. The number of alkyl halides is 4. The van der Waals surface area contributed by atoms with Crippen molar-refractivity contribution in [3.63, 3.8) is 0 Å². The van der Waals surface area contributed by atoms with Gasteiger partial charge in [0.2, 0.25) is 5.91 Å². The van der Waals surface area contributed by atoms with E-state index in [9.17, 15) is 19.5 Å². The maximum atomic E-state index is 13.6. The number of aliphatic carboxylic acids is 1. The fraction of sp³-hybridized carbons (Fsp3) is 0.318. The highest BCUT2D eigenvalue weighted by Crippen LogP contribution is 2.76. The van der Waals surface area contributed by atoms with Crippen LogP contribution >= 0.6 is 80.9 Å². The number of anilines is 1. The number of carboxylic acid groups (broad SMARTS) is 1. The first-order valence-corrected chi connectivity index (χ1v) is 13.0. The zero-order valence-electron chi connectivity index (χ0n) is 17.8. The van der Waals surface area contributed by atoms with Gasteiger partial charge < -0.3 is 15.2 Å². The molecule has 2 bridgehead atoms. The van der Waals surface area contributed by atoms with Crippen LogP contribution in [0.2, 0.25) is 0 Å². The van der Waals surface area contributed by atoms with Gasteiger partial charge in [-0.1, -0.05) is 76.7 Å². The molecule has 2 aliphatic carbocycles. The van der Waals surface area contributed by atoms with E-state index in [0.717, 1.165) is 16.9 Å². The summed E-state index contributed by atoms with van der Waals surface area (Å²) in [5.41, 5.74) is 1.37. The van der Waals surface area contributed by atoms with E-state index in [1.165, 1.54) is 7.11 Å². The van der Waals surface area contributed by atoms with E-state index in [4.69, 9.17) is 74.3 Å². The number of carbonyl (C=O) groups is 3.